The van der Waals surface area contributed by atoms with Crippen molar-refractivity contribution in [3.8, 4) is 5.75 Å². The van der Waals surface area contributed by atoms with Gasteiger partial charge in [0, 0.05) is 11.3 Å². The fourth-order valence-corrected chi connectivity index (χ4v) is 3.87. The molecule has 3 aromatic rings. The summed E-state index contributed by atoms with van der Waals surface area (Å²) in [4.78, 5) is 27.6. The van der Waals surface area contributed by atoms with Crippen LogP contribution < -0.4 is 9.64 Å². The standard InChI is InChI=1S/C27H24FNO4/c1-3-15-33-22-6-4-5-19(16-22)25(30)23-24(18-9-11-20(28)12-10-18)29(27(32)26(23)31)21-13-7-17(2)8-14-21/h4-14,16,24,30H,3,15H2,1-2H3/b25-23-. The van der Waals surface area contributed by atoms with Gasteiger partial charge in [-0.2, -0.15) is 0 Å². The zero-order valence-electron chi connectivity index (χ0n) is 18.4. The summed E-state index contributed by atoms with van der Waals surface area (Å²) in [6, 6.07) is 18.6. The average Bonchev–Trinajstić information content (AvgIpc) is 3.09. The number of aliphatic hydroxyl groups is 1. The van der Waals surface area contributed by atoms with Gasteiger partial charge in [-0.1, -0.05) is 48.9 Å². The van der Waals surface area contributed by atoms with Gasteiger partial charge in [-0.25, -0.2) is 4.39 Å². The maximum Gasteiger partial charge on any atom is 0.300 e. The molecule has 1 fully saturated rings. The van der Waals surface area contributed by atoms with Gasteiger partial charge < -0.3 is 9.84 Å². The van der Waals surface area contributed by atoms with Gasteiger partial charge in [0.2, 0.25) is 0 Å². The van der Waals surface area contributed by atoms with Crippen LogP contribution in [0.2, 0.25) is 0 Å². The summed E-state index contributed by atoms with van der Waals surface area (Å²) in [5.74, 6) is -1.76. The Morgan fingerprint density at radius 1 is 1.03 bits per heavy atom. The normalized spacial score (nSPS) is 17.4. The van der Waals surface area contributed by atoms with E-state index in [1.807, 2.05) is 26.0 Å². The van der Waals surface area contributed by atoms with E-state index in [0.717, 1.165) is 12.0 Å². The molecule has 5 nitrogen and oxygen atoms in total. The Morgan fingerprint density at radius 3 is 2.39 bits per heavy atom. The van der Waals surface area contributed by atoms with Crippen molar-refractivity contribution in [3.63, 3.8) is 0 Å². The molecule has 1 aliphatic heterocycles. The van der Waals surface area contributed by atoms with E-state index in [4.69, 9.17) is 4.74 Å². The molecular formula is C27H24FNO4. The first-order chi connectivity index (χ1) is 15.9. The van der Waals surface area contributed by atoms with Crippen LogP contribution in [-0.2, 0) is 9.59 Å². The first-order valence-electron chi connectivity index (χ1n) is 10.8. The topological polar surface area (TPSA) is 66.8 Å². The third-order valence-electron chi connectivity index (χ3n) is 5.52. The Morgan fingerprint density at radius 2 is 1.73 bits per heavy atom. The van der Waals surface area contributed by atoms with Gasteiger partial charge in [-0.05, 0) is 55.3 Å². The lowest BCUT2D eigenvalue weighted by Gasteiger charge is -2.25. The highest BCUT2D eigenvalue weighted by Crippen LogP contribution is 2.42. The second-order valence-electron chi connectivity index (χ2n) is 7.93. The maximum absolute atomic E-state index is 13.6. The first kappa shape index (κ1) is 22.3. The van der Waals surface area contributed by atoms with Crippen LogP contribution in [0.4, 0.5) is 10.1 Å². The van der Waals surface area contributed by atoms with Crippen LogP contribution in [0.25, 0.3) is 5.76 Å². The summed E-state index contributed by atoms with van der Waals surface area (Å²) in [5.41, 5.74) is 2.32. The van der Waals surface area contributed by atoms with Crippen LogP contribution >= 0.6 is 0 Å². The van der Waals surface area contributed by atoms with Gasteiger partial charge in [0.25, 0.3) is 11.7 Å². The molecule has 1 heterocycles. The van der Waals surface area contributed by atoms with E-state index in [2.05, 4.69) is 0 Å². The number of hydrogen-bond acceptors (Lipinski definition) is 4. The lowest BCUT2D eigenvalue weighted by molar-refractivity contribution is -0.132. The number of halogens is 1. The molecule has 1 aliphatic rings. The van der Waals surface area contributed by atoms with Crippen LogP contribution in [0.5, 0.6) is 5.75 Å². The second-order valence-corrected chi connectivity index (χ2v) is 7.93. The summed E-state index contributed by atoms with van der Waals surface area (Å²) in [6.45, 7) is 4.42. The number of ketones is 1. The van der Waals surface area contributed by atoms with Crippen LogP contribution in [0.15, 0.2) is 78.4 Å². The molecule has 168 valence electrons. The zero-order valence-corrected chi connectivity index (χ0v) is 18.4. The van der Waals surface area contributed by atoms with Crippen molar-refractivity contribution in [2.45, 2.75) is 26.3 Å². The number of rotatable bonds is 6. The number of hydrogen-bond donors (Lipinski definition) is 1. The predicted octanol–water partition coefficient (Wildman–Crippen LogP) is 5.55. The summed E-state index contributed by atoms with van der Waals surface area (Å²) < 4.78 is 19.3. The highest BCUT2D eigenvalue weighted by molar-refractivity contribution is 6.51. The molecule has 33 heavy (non-hydrogen) atoms. The van der Waals surface area contributed by atoms with E-state index in [9.17, 15) is 19.1 Å². The molecule has 1 saturated heterocycles. The summed E-state index contributed by atoms with van der Waals surface area (Å²) in [7, 11) is 0. The molecule has 0 bridgehead atoms. The van der Waals surface area contributed by atoms with Crippen LogP contribution in [0.3, 0.4) is 0 Å². The minimum atomic E-state index is -0.909. The molecule has 0 spiro atoms. The van der Waals surface area contributed by atoms with Crippen LogP contribution in [0.1, 0.15) is 36.1 Å². The molecular weight excluding hydrogens is 421 g/mol. The quantitative estimate of drug-likeness (QED) is 0.307. The number of benzene rings is 3. The van der Waals surface area contributed by atoms with Crippen LogP contribution in [-0.4, -0.2) is 23.4 Å². The lowest BCUT2D eigenvalue weighted by atomic mass is 9.95. The van der Waals surface area contributed by atoms with Gasteiger partial charge in [-0.3, -0.25) is 14.5 Å². The number of nitrogens with zero attached hydrogens (tertiary/aromatic N) is 1. The molecule has 1 N–H and O–H groups in total. The minimum absolute atomic E-state index is 0.0557. The first-order valence-corrected chi connectivity index (χ1v) is 10.8. The van der Waals surface area contributed by atoms with E-state index in [-0.39, 0.29) is 11.3 Å². The Bertz CT molecular complexity index is 1220. The highest BCUT2D eigenvalue weighted by atomic mass is 19.1. The van der Waals surface area contributed by atoms with Gasteiger partial charge in [0.05, 0.1) is 18.2 Å². The van der Waals surface area contributed by atoms with Crippen molar-refractivity contribution in [1.29, 1.82) is 0 Å². The van der Waals surface area contributed by atoms with Crippen molar-refractivity contribution >= 4 is 23.1 Å². The number of carbonyl (C=O) groups is 2. The largest absolute Gasteiger partial charge is 0.507 e. The van der Waals surface area contributed by atoms with Crippen molar-refractivity contribution < 1.29 is 23.8 Å². The summed E-state index contributed by atoms with van der Waals surface area (Å²) in [5, 5.41) is 11.2. The van der Waals surface area contributed by atoms with Crippen molar-refractivity contribution in [2.24, 2.45) is 0 Å². The Hall–Kier alpha value is -3.93. The van der Waals surface area contributed by atoms with E-state index >= 15 is 0 Å². The molecule has 0 aliphatic carbocycles. The van der Waals surface area contributed by atoms with Crippen LogP contribution in [0, 0.1) is 12.7 Å². The number of aliphatic hydroxyl groups excluding tert-OH is 1. The smallest absolute Gasteiger partial charge is 0.300 e. The van der Waals surface area contributed by atoms with Crippen molar-refractivity contribution in [2.75, 3.05) is 11.5 Å². The predicted molar refractivity (Wildman–Crippen MR) is 125 cm³/mol. The summed E-state index contributed by atoms with van der Waals surface area (Å²) >= 11 is 0. The fraction of sp³-hybridized carbons (Fsp3) is 0.185. The number of amides is 1. The molecule has 6 heteroatoms. The Balaban J connectivity index is 1.88. The SMILES string of the molecule is CCCOc1cccc(/C(O)=C2/C(=O)C(=O)N(c3ccc(C)cc3)C2c2ccc(F)cc2)c1. The number of anilines is 1. The average molecular weight is 445 g/mol. The van der Waals surface area contributed by atoms with E-state index in [0.29, 0.717) is 29.2 Å². The number of carbonyl (C=O) groups excluding carboxylic acids is 2. The zero-order chi connectivity index (χ0) is 23.5. The number of ether oxygens (including phenoxy) is 1. The van der Waals surface area contributed by atoms with Gasteiger partial charge in [-0.15, -0.1) is 0 Å². The molecule has 0 aromatic heterocycles. The van der Waals surface area contributed by atoms with Crippen molar-refractivity contribution in [1.82, 2.24) is 0 Å². The second kappa shape index (κ2) is 9.28. The monoisotopic (exact) mass is 445 g/mol. The minimum Gasteiger partial charge on any atom is -0.507 e. The van der Waals surface area contributed by atoms with E-state index < -0.39 is 23.5 Å². The molecule has 4 rings (SSSR count). The Labute approximate surface area is 191 Å². The van der Waals surface area contributed by atoms with E-state index in [1.165, 1.54) is 29.2 Å². The highest BCUT2D eigenvalue weighted by Gasteiger charge is 2.46. The molecule has 3 aromatic carbocycles. The molecule has 1 amide bonds. The number of aryl methyl sites for hydroxylation is 1. The third-order valence-corrected chi connectivity index (χ3v) is 5.52. The van der Waals surface area contributed by atoms with Gasteiger partial charge in [0.1, 0.15) is 17.3 Å². The molecule has 0 saturated carbocycles. The van der Waals surface area contributed by atoms with Gasteiger partial charge >= 0.3 is 0 Å². The maximum atomic E-state index is 13.6. The van der Waals surface area contributed by atoms with Gasteiger partial charge in [0.15, 0.2) is 0 Å². The number of Topliss-reactive ketones (excluding diaryl/α,β-unsaturated/α-hetero) is 1. The lowest BCUT2D eigenvalue weighted by Crippen LogP contribution is -2.29. The molecule has 1 unspecified atom stereocenters. The van der Waals surface area contributed by atoms with Crippen molar-refractivity contribution in [3.05, 3.63) is 101 Å². The Kier molecular flexibility index (Phi) is 6.27. The molecule has 1 atom stereocenters. The third kappa shape index (κ3) is 4.37. The molecule has 0 radical (unpaired) electrons. The summed E-state index contributed by atoms with van der Waals surface area (Å²) in [6.07, 6.45) is 0.822. The van der Waals surface area contributed by atoms with E-state index in [1.54, 1.807) is 36.4 Å². The fourth-order valence-electron chi connectivity index (χ4n) is 3.87.